The second-order valence-corrected chi connectivity index (χ2v) is 9.05. The SMILES string of the molecule is CCC(C)(C(N)=O)c1csc(NS(=O)(=O)c2c(C)cc(Cl)cc2Cl)n1. The zero-order valence-corrected chi connectivity index (χ0v) is 16.9. The van der Waals surface area contributed by atoms with E-state index in [0.717, 1.165) is 11.3 Å². The van der Waals surface area contributed by atoms with Crippen molar-refractivity contribution in [3.63, 3.8) is 0 Å². The minimum absolute atomic E-state index is 0.0183. The molecule has 1 atom stereocenters. The van der Waals surface area contributed by atoms with Crippen LogP contribution in [0, 0.1) is 6.92 Å². The first-order valence-electron chi connectivity index (χ1n) is 7.25. The Hall–Kier alpha value is -1.35. The fourth-order valence-electron chi connectivity index (χ4n) is 2.25. The Morgan fingerprint density at radius 1 is 1.40 bits per heavy atom. The summed E-state index contributed by atoms with van der Waals surface area (Å²) in [6, 6.07) is 2.87. The van der Waals surface area contributed by atoms with E-state index in [1.54, 1.807) is 19.2 Å². The zero-order valence-electron chi connectivity index (χ0n) is 13.8. The Morgan fingerprint density at radius 2 is 2.04 bits per heavy atom. The van der Waals surface area contributed by atoms with E-state index in [9.17, 15) is 13.2 Å². The minimum Gasteiger partial charge on any atom is -0.369 e. The first-order chi connectivity index (χ1) is 11.5. The molecule has 1 amide bonds. The summed E-state index contributed by atoms with van der Waals surface area (Å²) in [4.78, 5) is 15.9. The molecule has 0 spiro atoms. The van der Waals surface area contributed by atoms with Crippen molar-refractivity contribution in [3.8, 4) is 0 Å². The molecule has 0 aliphatic carbocycles. The van der Waals surface area contributed by atoms with Crippen LogP contribution in [0.25, 0.3) is 0 Å². The van der Waals surface area contributed by atoms with Crippen molar-refractivity contribution in [2.75, 3.05) is 4.72 Å². The highest BCUT2D eigenvalue weighted by molar-refractivity contribution is 7.93. The van der Waals surface area contributed by atoms with Gasteiger partial charge >= 0.3 is 0 Å². The van der Waals surface area contributed by atoms with E-state index in [4.69, 9.17) is 28.9 Å². The van der Waals surface area contributed by atoms with Gasteiger partial charge in [0.25, 0.3) is 10.0 Å². The molecule has 0 fully saturated rings. The standard InChI is InChI=1S/C15H17Cl2N3O3S2/c1-4-15(3,13(18)21)11-7-24-14(19-11)20-25(22,23)12-8(2)5-9(16)6-10(12)17/h5-7H,4H2,1-3H3,(H2,18,21)(H,19,20). The van der Waals surface area contributed by atoms with Crippen LogP contribution in [0.2, 0.25) is 10.0 Å². The van der Waals surface area contributed by atoms with Crippen molar-refractivity contribution < 1.29 is 13.2 Å². The summed E-state index contributed by atoms with van der Waals surface area (Å²) in [6.07, 6.45) is 0.445. The number of nitrogens with one attached hydrogen (secondary N) is 1. The highest BCUT2D eigenvalue weighted by Gasteiger charge is 2.34. The molecule has 1 aromatic carbocycles. The third-order valence-electron chi connectivity index (χ3n) is 4.00. The van der Waals surface area contributed by atoms with Crippen LogP contribution >= 0.6 is 34.5 Å². The first kappa shape index (κ1) is 20.0. The Bertz CT molecular complexity index is 905. The highest BCUT2D eigenvalue weighted by Crippen LogP contribution is 2.33. The number of amides is 1. The molecule has 1 heterocycles. The van der Waals surface area contributed by atoms with E-state index in [0.29, 0.717) is 22.7 Å². The maximum atomic E-state index is 12.7. The topological polar surface area (TPSA) is 102 Å². The number of rotatable bonds is 6. The number of aryl methyl sites for hydroxylation is 1. The molecule has 0 saturated carbocycles. The van der Waals surface area contributed by atoms with Crippen molar-refractivity contribution in [1.82, 2.24) is 4.98 Å². The zero-order chi connectivity index (χ0) is 19.0. The summed E-state index contributed by atoms with van der Waals surface area (Å²) >= 11 is 13.0. The molecule has 10 heteroatoms. The number of benzene rings is 1. The number of hydrogen-bond acceptors (Lipinski definition) is 5. The van der Waals surface area contributed by atoms with Gasteiger partial charge in [-0.05, 0) is 38.0 Å². The fraction of sp³-hybridized carbons (Fsp3) is 0.333. The van der Waals surface area contributed by atoms with Crippen molar-refractivity contribution >= 4 is 55.6 Å². The Balaban J connectivity index is 2.40. The Morgan fingerprint density at radius 3 is 2.56 bits per heavy atom. The predicted octanol–water partition coefficient (Wildman–Crippen LogP) is 3.71. The van der Waals surface area contributed by atoms with E-state index in [1.807, 2.05) is 6.92 Å². The molecular formula is C15H17Cl2N3O3S2. The highest BCUT2D eigenvalue weighted by atomic mass is 35.5. The average Bonchev–Trinajstić information content (AvgIpc) is 2.92. The Labute approximate surface area is 160 Å². The van der Waals surface area contributed by atoms with E-state index < -0.39 is 21.3 Å². The number of hydrogen-bond donors (Lipinski definition) is 2. The molecule has 2 rings (SSSR count). The molecule has 0 bridgehead atoms. The Kier molecular flexibility index (Phi) is 5.68. The van der Waals surface area contributed by atoms with Gasteiger partial charge in [0.2, 0.25) is 5.91 Å². The van der Waals surface area contributed by atoms with Gasteiger partial charge in [-0.3, -0.25) is 9.52 Å². The summed E-state index contributed by atoms with van der Waals surface area (Å²) in [7, 11) is -3.96. The molecule has 3 N–H and O–H groups in total. The quantitative estimate of drug-likeness (QED) is 0.741. The third kappa shape index (κ3) is 3.92. The van der Waals surface area contributed by atoms with Gasteiger partial charge < -0.3 is 5.73 Å². The van der Waals surface area contributed by atoms with Crippen LogP contribution in [0.5, 0.6) is 0 Å². The summed E-state index contributed by atoms with van der Waals surface area (Å²) in [5, 5.41) is 2.10. The molecule has 136 valence electrons. The lowest BCUT2D eigenvalue weighted by Gasteiger charge is -2.21. The number of nitrogens with two attached hydrogens (primary N) is 1. The largest absolute Gasteiger partial charge is 0.369 e. The van der Waals surface area contributed by atoms with E-state index in [1.165, 1.54) is 12.1 Å². The molecule has 2 aromatic rings. The molecule has 25 heavy (non-hydrogen) atoms. The number of nitrogens with zero attached hydrogens (tertiary/aromatic N) is 1. The number of aromatic nitrogens is 1. The van der Waals surface area contributed by atoms with Crippen molar-refractivity contribution in [3.05, 3.63) is 38.8 Å². The van der Waals surface area contributed by atoms with Gasteiger partial charge in [0.05, 0.1) is 16.1 Å². The number of halogens is 2. The monoisotopic (exact) mass is 421 g/mol. The second kappa shape index (κ2) is 7.11. The van der Waals surface area contributed by atoms with E-state index in [2.05, 4.69) is 9.71 Å². The molecule has 6 nitrogen and oxygen atoms in total. The number of sulfonamides is 1. The van der Waals surface area contributed by atoms with Gasteiger partial charge in [0.1, 0.15) is 4.90 Å². The van der Waals surface area contributed by atoms with Crippen LogP contribution in [0.1, 0.15) is 31.5 Å². The molecule has 0 aliphatic heterocycles. The summed E-state index contributed by atoms with van der Waals surface area (Å²) in [6.45, 7) is 5.08. The molecule has 0 aliphatic rings. The smallest absolute Gasteiger partial charge is 0.265 e. The van der Waals surface area contributed by atoms with E-state index in [-0.39, 0.29) is 15.0 Å². The molecule has 1 aromatic heterocycles. The van der Waals surface area contributed by atoms with Gasteiger partial charge in [0.15, 0.2) is 5.13 Å². The fourth-order valence-corrected chi connectivity index (χ4v) is 5.54. The number of primary amides is 1. The molecular weight excluding hydrogens is 405 g/mol. The van der Waals surface area contributed by atoms with Crippen LogP contribution in [0.15, 0.2) is 22.4 Å². The van der Waals surface area contributed by atoms with Crippen LogP contribution in [0.3, 0.4) is 0 Å². The lowest BCUT2D eigenvalue weighted by molar-refractivity contribution is -0.123. The van der Waals surface area contributed by atoms with Gasteiger partial charge in [-0.2, -0.15) is 0 Å². The summed E-state index contributed by atoms with van der Waals surface area (Å²) < 4.78 is 27.7. The van der Waals surface area contributed by atoms with Crippen LogP contribution in [-0.2, 0) is 20.2 Å². The van der Waals surface area contributed by atoms with Crippen LogP contribution in [0.4, 0.5) is 5.13 Å². The first-order valence-corrected chi connectivity index (χ1v) is 10.4. The summed E-state index contributed by atoms with van der Waals surface area (Å²) in [5.74, 6) is -0.522. The summed E-state index contributed by atoms with van der Waals surface area (Å²) in [5.41, 5.74) is 5.32. The van der Waals surface area contributed by atoms with Gasteiger partial charge in [0, 0.05) is 10.4 Å². The van der Waals surface area contributed by atoms with Gasteiger partial charge in [-0.15, -0.1) is 11.3 Å². The normalized spacial score (nSPS) is 14.1. The molecule has 0 saturated heterocycles. The van der Waals surface area contributed by atoms with Crippen LogP contribution in [-0.4, -0.2) is 19.3 Å². The predicted molar refractivity (Wildman–Crippen MR) is 101 cm³/mol. The van der Waals surface area contributed by atoms with Crippen molar-refractivity contribution in [1.29, 1.82) is 0 Å². The van der Waals surface area contributed by atoms with Crippen LogP contribution < -0.4 is 10.5 Å². The molecule has 0 radical (unpaired) electrons. The lowest BCUT2D eigenvalue weighted by atomic mass is 9.84. The lowest BCUT2D eigenvalue weighted by Crippen LogP contribution is -2.38. The van der Waals surface area contributed by atoms with Crippen molar-refractivity contribution in [2.45, 2.75) is 37.5 Å². The third-order valence-corrected chi connectivity index (χ3v) is 7.06. The van der Waals surface area contributed by atoms with Gasteiger partial charge in [-0.25, -0.2) is 13.4 Å². The number of carbonyl (C=O) groups excluding carboxylic acids is 1. The number of carbonyl (C=O) groups is 1. The second-order valence-electron chi connectivity index (χ2n) is 5.73. The number of anilines is 1. The van der Waals surface area contributed by atoms with Gasteiger partial charge in [-0.1, -0.05) is 30.1 Å². The maximum Gasteiger partial charge on any atom is 0.265 e. The maximum absolute atomic E-state index is 12.7. The van der Waals surface area contributed by atoms with Crippen molar-refractivity contribution in [2.24, 2.45) is 5.73 Å². The molecule has 1 unspecified atom stereocenters. The van der Waals surface area contributed by atoms with E-state index >= 15 is 0 Å². The minimum atomic E-state index is -3.96. The number of thiazole rings is 1. The average molecular weight is 422 g/mol.